The normalized spacial score (nSPS) is 17.8. The minimum atomic E-state index is 0.406. The van der Waals surface area contributed by atoms with Crippen molar-refractivity contribution < 1.29 is 0 Å². The van der Waals surface area contributed by atoms with Crippen molar-refractivity contribution in [1.82, 2.24) is 14.5 Å². The summed E-state index contributed by atoms with van der Waals surface area (Å²) >= 11 is 3.66. The summed E-state index contributed by atoms with van der Waals surface area (Å²) in [5, 5.41) is 4.53. The first kappa shape index (κ1) is 15.8. The van der Waals surface area contributed by atoms with Gasteiger partial charge in [0.15, 0.2) is 0 Å². The highest BCUT2D eigenvalue weighted by Gasteiger charge is 2.20. The number of fused-ring (bicyclic) bond motifs is 1. The van der Waals surface area contributed by atoms with Crippen molar-refractivity contribution in [3.63, 3.8) is 0 Å². The van der Waals surface area contributed by atoms with Gasteiger partial charge in [-0.15, -0.1) is 0 Å². The molecule has 0 amide bonds. The number of hydrogen-bond acceptors (Lipinski definition) is 3. The Bertz CT molecular complexity index is 631. The lowest BCUT2D eigenvalue weighted by molar-refractivity contribution is 0.359. The van der Waals surface area contributed by atoms with Gasteiger partial charge in [0.25, 0.3) is 0 Å². The van der Waals surface area contributed by atoms with E-state index < -0.39 is 0 Å². The predicted molar refractivity (Wildman–Crippen MR) is 95.3 cm³/mol. The van der Waals surface area contributed by atoms with Crippen LogP contribution in [0, 0.1) is 0 Å². The molecule has 1 unspecified atom stereocenters. The highest BCUT2D eigenvalue weighted by atomic mass is 79.9. The molecule has 0 spiro atoms. The second-order valence-electron chi connectivity index (χ2n) is 6.44. The van der Waals surface area contributed by atoms with Gasteiger partial charge >= 0.3 is 0 Å². The minimum Gasteiger partial charge on any atom is -0.352 e. The van der Waals surface area contributed by atoms with Crippen LogP contribution >= 0.6 is 15.9 Å². The molecular weight excluding hydrogens is 340 g/mol. The first-order chi connectivity index (χ1) is 10.7. The van der Waals surface area contributed by atoms with Crippen LogP contribution in [0.2, 0.25) is 0 Å². The van der Waals surface area contributed by atoms with Crippen LogP contribution in [0.1, 0.15) is 64.8 Å². The second kappa shape index (κ2) is 6.99. The van der Waals surface area contributed by atoms with Crippen LogP contribution in [0.25, 0.3) is 11.0 Å². The number of rotatable bonds is 5. The van der Waals surface area contributed by atoms with Crippen molar-refractivity contribution in [3.8, 4) is 0 Å². The van der Waals surface area contributed by atoms with E-state index in [1.807, 2.05) is 6.20 Å². The zero-order chi connectivity index (χ0) is 15.5. The standard InChI is InChI=1S/C17H25BrN4/c1-3-7-12(2)20-17-19-10-14-15(18)11-22(16(14)21-17)13-8-5-4-6-9-13/h10-13H,3-9H2,1-2H3,(H,19,20,21). The molecule has 1 aliphatic carbocycles. The molecule has 2 aromatic rings. The third kappa shape index (κ3) is 3.29. The van der Waals surface area contributed by atoms with Crippen molar-refractivity contribution >= 4 is 32.9 Å². The zero-order valence-corrected chi connectivity index (χ0v) is 15.1. The average Bonchev–Trinajstić information content (AvgIpc) is 2.85. The predicted octanol–water partition coefficient (Wildman–Crippen LogP) is 5.30. The van der Waals surface area contributed by atoms with Crippen LogP contribution in [0.4, 0.5) is 5.95 Å². The quantitative estimate of drug-likeness (QED) is 0.782. The molecule has 0 bridgehead atoms. The Kier molecular flexibility index (Phi) is 5.01. The fourth-order valence-corrected chi connectivity index (χ4v) is 3.92. The molecule has 1 aliphatic rings. The Labute approximate surface area is 140 Å². The van der Waals surface area contributed by atoms with Crippen LogP contribution in [0.15, 0.2) is 16.9 Å². The summed E-state index contributed by atoms with van der Waals surface area (Å²) in [7, 11) is 0. The van der Waals surface area contributed by atoms with E-state index in [1.54, 1.807) is 0 Å². The maximum absolute atomic E-state index is 4.80. The lowest BCUT2D eigenvalue weighted by Gasteiger charge is -2.23. The van der Waals surface area contributed by atoms with Gasteiger partial charge in [0.2, 0.25) is 5.95 Å². The summed E-state index contributed by atoms with van der Waals surface area (Å²) in [4.78, 5) is 9.29. The van der Waals surface area contributed by atoms with Crippen LogP contribution in [0.3, 0.4) is 0 Å². The van der Waals surface area contributed by atoms with Gasteiger partial charge in [-0.25, -0.2) is 4.98 Å². The molecule has 0 aromatic carbocycles. The van der Waals surface area contributed by atoms with Crippen molar-refractivity contribution in [1.29, 1.82) is 0 Å². The average molecular weight is 365 g/mol. The maximum atomic E-state index is 4.80. The van der Waals surface area contributed by atoms with Gasteiger partial charge < -0.3 is 9.88 Å². The van der Waals surface area contributed by atoms with Gasteiger partial charge in [-0.05, 0) is 42.1 Å². The topological polar surface area (TPSA) is 42.7 Å². The van der Waals surface area contributed by atoms with Gasteiger partial charge in [-0.3, -0.25) is 0 Å². The fraction of sp³-hybridized carbons (Fsp3) is 0.647. The SMILES string of the molecule is CCCC(C)Nc1ncc2c(Br)cn(C3CCCCC3)c2n1. The third-order valence-corrected chi connectivity index (χ3v) is 5.22. The summed E-state index contributed by atoms with van der Waals surface area (Å²) < 4.78 is 3.46. The number of nitrogens with one attached hydrogen (secondary N) is 1. The summed E-state index contributed by atoms with van der Waals surface area (Å²) in [6.07, 6.45) is 13.0. The first-order valence-corrected chi connectivity index (χ1v) is 9.28. The number of aromatic nitrogens is 3. The highest BCUT2D eigenvalue weighted by Crippen LogP contribution is 2.34. The molecule has 4 nitrogen and oxygen atoms in total. The largest absolute Gasteiger partial charge is 0.352 e. The molecule has 5 heteroatoms. The summed E-state index contributed by atoms with van der Waals surface area (Å²) in [6.45, 7) is 4.39. The maximum Gasteiger partial charge on any atom is 0.224 e. The van der Waals surface area contributed by atoms with E-state index in [0.29, 0.717) is 12.1 Å². The lowest BCUT2D eigenvalue weighted by atomic mass is 9.95. The Balaban J connectivity index is 1.91. The van der Waals surface area contributed by atoms with E-state index in [2.05, 4.69) is 50.8 Å². The monoisotopic (exact) mass is 364 g/mol. The van der Waals surface area contributed by atoms with Crippen molar-refractivity contribution in [2.45, 2.75) is 70.9 Å². The summed E-state index contributed by atoms with van der Waals surface area (Å²) in [6, 6.07) is 0.988. The van der Waals surface area contributed by atoms with E-state index in [1.165, 1.54) is 38.5 Å². The lowest BCUT2D eigenvalue weighted by Crippen LogP contribution is -2.17. The number of anilines is 1. The van der Waals surface area contributed by atoms with Gasteiger partial charge in [-0.2, -0.15) is 4.98 Å². The zero-order valence-electron chi connectivity index (χ0n) is 13.5. The van der Waals surface area contributed by atoms with Crippen LogP contribution in [-0.2, 0) is 0 Å². The van der Waals surface area contributed by atoms with Gasteiger partial charge in [0, 0.05) is 29.0 Å². The van der Waals surface area contributed by atoms with Crippen molar-refractivity contribution in [3.05, 3.63) is 16.9 Å². The molecule has 0 radical (unpaired) electrons. The smallest absolute Gasteiger partial charge is 0.224 e. The van der Waals surface area contributed by atoms with E-state index in [-0.39, 0.29) is 0 Å². The van der Waals surface area contributed by atoms with E-state index in [9.17, 15) is 0 Å². The molecule has 2 heterocycles. The van der Waals surface area contributed by atoms with Crippen LogP contribution in [-0.4, -0.2) is 20.6 Å². The number of nitrogens with zero attached hydrogens (tertiary/aromatic N) is 3. The first-order valence-electron chi connectivity index (χ1n) is 8.48. The second-order valence-corrected chi connectivity index (χ2v) is 7.30. The molecule has 3 rings (SSSR count). The number of halogens is 1. The molecule has 1 saturated carbocycles. The Morgan fingerprint density at radius 1 is 1.36 bits per heavy atom. The Morgan fingerprint density at radius 3 is 2.86 bits per heavy atom. The highest BCUT2D eigenvalue weighted by molar-refractivity contribution is 9.10. The van der Waals surface area contributed by atoms with Gasteiger partial charge in [0.05, 0.1) is 5.39 Å². The van der Waals surface area contributed by atoms with E-state index >= 15 is 0 Å². The van der Waals surface area contributed by atoms with E-state index in [4.69, 9.17) is 4.98 Å². The third-order valence-electron chi connectivity index (χ3n) is 4.59. The molecule has 1 N–H and O–H groups in total. The Morgan fingerprint density at radius 2 is 2.14 bits per heavy atom. The van der Waals surface area contributed by atoms with Crippen LogP contribution in [0.5, 0.6) is 0 Å². The molecule has 120 valence electrons. The fourth-order valence-electron chi connectivity index (χ4n) is 3.42. The molecule has 0 saturated heterocycles. The Hall–Kier alpha value is -1.10. The van der Waals surface area contributed by atoms with Gasteiger partial charge in [-0.1, -0.05) is 32.6 Å². The van der Waals surface area contributed by atoms with Crippen molar-refractivity contribution in [2.24, 2.45) is 0 Å². The molecule has 22 heavy (non-hydrogen) atoms. The summed E-state index contributed by atoms with van der Waals surface area (Å²) in [5.74, 6) is 0.746. The molecular formula is C17H25BrN4. The molecule has 2 aromatic heterocycles. The van der Waals surface area contributed by atoms with Gasteiger partial charge in [0.1, 0.15) is 5.65 Å². The number of hydrogen-bond donors (Lipinski definition) is 1. The minimum absolute atomic E-state index is 0.406. The molecule has 1 atom stereocenters. The van der Waals surface area contributed by atoms with E-state index in [0.717, 1.165) is 27.9 Å². The molecule has 1 fully saturated rings. The summed E-state index contributed by atoms with van der Waals surface area (Å²) in [5.41, 5.74) is 1.06. The van der Waals surface area contributed by atoms with Crippen LogP contribution < -0.4 is 5.32 Å². The molecule has 0 aliphatic heterocycles. The van der Waals surface area contributed by atoms with Crippen molar-refractivity contribution in [2.75, 3.05) is 5.32 Å².